The third-order valence-electron chi connectivity index (χ3n) is 1.31. The summed E-state index contributed by atoms with van der Waals surface area (Å²) in [5.74, 6) is -0.0928. The second-order valence-electron chi connectivity index (χ2n) is 2.32. The summed E-state index contributed by atoms with van der Waals surface area (Å²) in [4.78, 5) is 10.8. The smallest absolute Gasteiger partial charge is 0.305 e. The fraction of sp³-hybridized carbons (Fsp3) is 0.667. The van der Waals surface area contributed by atoms with Crippen LogP contribution in [0, 0.1) is 0 Å². The maximum absolute atomic E-state index is 10.8. The van der Waals surface area contributed by atoms with Crippen molar-refractivity contribution < 1.29 is 9.53 Å². The number of unbranched alkanes of at least 4 members (excludes halogenated alkanes) is 1. The van der Waals surface area contributed by atoms with Crippen LogP contribution in [0.25, 0.3) is 0 Å². The van der Waals surface area contributed by atoms with E-state index < -0.39 is 0 Å². The number of esters is 1. The number of ether oxygens (including phenoxy) is 1. The van der Waals surface area contributed by atoms with E-state index in [1.165, 1.54) is 0 Å². The third-order valence-corrected chi connectivity index (χ3v) is 1.69. The number of hydrogen-bond acceptors (Lipinski definition) is 2. The van der Waals surface area contributed by atoms with Crippen LogP contribution < -0.4 is 0 Å². The van der Waals surface area contributed by atoms with Gasteiger partial charge in [-0.3, -0.25) is 4.79 Å². The zero-order chi connectivity index (χ0) is 9.23. The molecule has 0 aromatic rings. The highest BCUT2D eigenvalue weighted by Crippen LogP contribution is 1.99. The molecular weight excluding hydrogens is 220 g/mol. The van der Waals surface area contributed by atoms with E-state index in [2.05, 4.69) is 22.0 Å². The van der Waals surface area contributed by atoms with Crippen LogP contribution >= 0.6 is 15.9 Å². The molecule has 2 nitrogen and oxygen atoms in total. The highest BCUT2D eigenvalue weighted by atomic mass is 79.9. The second kappa shape index (κ2) is 8.78. The van der Waals surface area contributed by atoms with E-state index in [1.807, 2.05) is 13.0 Å². The first-order valence-corrected chi connectivity index (χ1v) is 5.30. The van der Waals surface area contributed by atoms with Crippen LogP contribution in [0.4, 0.5) is 0 Å². The van der Waals surface area contributed by atoms with Crippen molar-refractivity contribution in [3.63, 3.8) is 0 Å². The molecule has 0 aromatic heterocycles. The van der Waals surface area contributed by atoms with Gasteiger partial charge in [-0.25, -0.2) is 0 Å². The Bertz CT molecular complexity index is 143. The molecule has 0 saturated carbocycles. The Morgan fingerprint density at radius 3 is 2.83 bits per heavy atom. The minimum atomic E-state index is -0.0928. The molecule has 0 rings (SSSR count). The van der Waals surface area contributed by atoms with Crippen molar-refractivity contribution in [1.29, 1.82) is 0 Å². The Morgan fingerprint density at radius 1 is 1.50 bits per heavy atom. The Hall–Kier alpha value is -0.310. The minimum Gasteiger partial charge on any atom is -0.466 e. The summed E-state index contributed by atoms with van der Waals surface area (Å²) in [5, 5.41) is 0.881. The van der Waals surface area contributed by atoms with E-state index in [-0.39, 0.29) is 5.97 Å². The number of allylic oxidation sites excluding steroid dienone is 2. The van der Waals surface area contributed by atoms with Gasteiger partial charge >= 0.3 is 5.97 Å². The molecule has 0 fully saturated rings. The average Bonchev–Trinajstić information content (AvgIpc) is 2.05. The van der Waals surface area contributed by atoms with Crippen molar-refractivity contribution in [2.24, 2.45) is 0 Å². The van der Waals surface area contributed by atoms with E-state index in [1.54, 1.807) is 0 Å². The van der Waals surface area contributed by atoms with Crippen LogP contribution in [0.3, 0.4) is 0 Å². The summed E-state index contributed by atoms with van der Waals surface area (Å²) < 4.78 is 4.78. The molecule has 0 saturated heterocycles. The SMILES string of the molecule is CCOC(=O)CCC/C=C/CBr. The number of hydrogen-bond donors (Lipinski definition) is 0. The first-order valence-electron chi connectivity index (χ1n) is 4.17. The number of halogens is 1. The lowest BCUT2D eigenvalue weighted by Crippen LogP contribution is -2.02. The summed E-state index contributed by atoms with van der Waals surface area (Å²) in [6, 6.07) is 0. The van der Waals surface area contributed by atoms with Gasteiger partial charge in [0.2, 0.25) is 0 Å². The standard InChI is InChI=1S/C9H15BrO2/c1-2-12-9(11)7-5-3-4-6-8-10/h4,6H,2-3,5,7-8H2,1H3/b6-4+. The fourth-order valence-electron chi connectivity index (χ4n) is 0.778. The molecule has 0 unspecified atom stereocenters. The molecule has 12 heavy (non-hydrogen) atoms. The molecule has 0 bridgehead atoms. The van der Waals surface area contributed by atoms with Crippen LogP contribution in [0.5, 0.6) is 0 Å². The fourth-order valence-corrected chi connectivity index (χ4v) is 1.04. The van der Waals surface area contributed by atoms with E-state index >= 15 is 0 Å². The maximum atomic E-state index is 10.8. The van der Waals surface area contributed by atoms with Crippen LogP contribution in [-0.4, -0.2) is 17.9 Å². The van der Waals surface area contributed by atoms with Gasteiger partial charge in [-0.15, -0.1) is 0 Å². The van der Waals surface area contributed by atoms with Gasteiger partial charge in [0.05, 0.1) is 6.61 Å². The normalized spacial score (nSPS) is 10.5. The monoisotopic (exact) mass is 234 g/mol. The predicted molar refractivity (Wildman–Crippen MR) is 53.4 cm³/mol. The van der Waals surface area contributed by atoms with Crippen molar-refractivity contribution in [1.82, 2.24) is 0 Å². The molecule has 3 heteroatoms. The topological polar surface area (TPSA) is 26.3 Å². The van der Waals surface area contributed by atoms with E-state index in [0.717, 1.165) is 18.2 Å². The third kappa shape index (κ3) is 7.79. The van der Waals surface area contributed by atoms with Gasteiger partial charge < -0.3 is 4.74 Å². The predicted octanol–water partition coefficient (Wildman–Crippen LogP) is 2.67. The minimum absolute atomic E-state index is 0.0928. The first-order chi connectivity index (χ1) is 5.81. The molecule has 0 aliphatic heterocycles. The molecular formula is C9H15BrO2. The van der Waals surface area contributed by atoms with Crippen LogP contribution in [0.15, 0.2) is 12.2 Å². The van der Waals surface area contributed by atoms with Gasteiger partial charge in [0.1, 0.15) is 0 Å². The quantitative estimate of drug-likeness (QED) is 0.306. The first kappa shape index (κ1) is 11.7. The molecule has 0 aliphatic rings. The molecule has 70 valence electrons. The lowest BCUT2D eigenvalue weighted by Gasteiger charge is -1.98. The van der Waals surface area contributed by atoms with Crippen molar-refractivity contribution in [2.45, 2.75) is 26.2 Å². The van der Waals surface area contributed by atoms with Crippen molar-refractivity contribution >= 4 is 21.9 Å². The second-order valence-corrected chi connectivity index (χ2v) is 2.97. The van der Waals surface area contributed by atoms with Crippen molar-refractivity contribution in [3.8, 4) is 0 Å². The zero-order valence-corrected chi connectivity index (χ0v) is 8.97. The summed E-state index contributed by atoms with van der Waals surface area (Å²) in [7, 11) is 0. The molecule has 0 aliphatic carbocycles. The summed E-state index contributed by atoms with van der Waals surface area (Å²) in [5.41, 5.74) is 0. The molecule has 0 N–H and O–H groups in total. The Labute approximate surface area is 82.1 Å². The number of carbonyl (C=O) groups is 1. The van der Waals surface area contributed by atoms with E-state index in [0.29, 0.717) is 13.0 Å². The number of alkyl halides is 1. The Morgan fingerprint density at radius 2 is 2.25 bits per heavy atom. The molecule has 0 spiro atoms. The number of rotatable bonds is 6. The highest BCUT2D eigenvalue weighted by molar-refractivity contribution is 9.09. The van der Waals surface area contributed by atoms with Gasteiger partial charge in [-0.05, 0) is 19.8 Å². The summed E-state index contributed by atoms with van der Waals surface area (Å²) in [6.45, 7) is 2.30. The molecule has 0 heterocycles. The average molecular weight is 235 g/mol. The zero-order valence-electron chi connectivity index (χ0n) is 7.38. The van der Waals surface area contributed by atoms with E-state index in [9.17, 15) is 4.79 Å². The maximum Gasteiger partial charge on any atom is 0.305 e. The van der Waals surface area contributed by atoms with Gasteiger partial charge in [0.25, 0.3) is 0 Å². The van der Waals surface area contributed by atoms with Gasteiger partial charge in [0.15, 0.2) is 0 Å². The lowest BCUT2D eigenvalue weighted by atomic mass is 10.2. The lowest BCUT2D eigenvalue weighted by molar-refractivity contribution is -0.143. The van der Waals surface area contributed by atoms with Crippen LogP contribution in [-0.2, 0) is 9.53 Å². The molecule has 0 atom stereocenters. The Balaban J connectivity index is 3.19. The number of carbonyl (C=O) groups excluding carboxylic acids is 1. The van der Waals surface area contributed by atoms with Crippen LogP contribution in [0.2, 0.25) is 0 Å². The molecule has 0 radical (unpaired) electrons. The molecule has 0 amide bonds. The summed E-state index contributed by atoms with van der Waals surface area (Å²) in [6.07, 6.45) is 6.45. The largest absolute Gasteiger partial charge is 0.466 e. The van der Waals surface area contributed by atoms with Crippen molar-refractivity contribution in [2.75, 3.05) is 11.9 Å². The molecule has 0 aromatic carbocycles. The van der Waals surface area contributed by atoms with Gasteiger partial charge in [-0.1, -0.05) is 28.1 Å². The highest BCUT2D eigenvalue weighted by Gasteiger charge is 1.98. The van der Waals surface area contributed by atoms with Gasteiger partial charge in [0, 0.05) is 11.8 Å². The summed E-state index contributed by atoms with van der Waals surface area (Å²) >= 11 is 3.28. The van der Waals surface area contributed by atoms with Gasteiger partial charge in [-0.2, -0.15) is 0 Å². The van der Waals surface area contributed by atoms with Crippen LogP contribution in [0.1, 0.15) is 26.2 Å². The Kier molecular flexibility index (Phi) is 8.56. The van der Waals surface area contributed by atoms with Crippen molar-refractivity contribution in [3.05, 3.63) is 12.2 Å². The van der Waals surface area contributed by atoms with E-state index in [4.69, 9.17) is 4.74 Å².